The first-order valence-electron chi connectivity index (χ1n) is 14.2. The fourth-order valence-electron chi connectivity index (χ4n) is 5.45. The van der Waals surface area contributed by atoms with Gasteiger partial charge in [0, 0.05) is 45.0 Å². The largest absolute Gasteiger partial charge is 0.497 e. The van der Waals surface area contributed by atoms with Crippen molar-refractivity contribution in [2.24, 2.45) is 0 Å². The van der Waals surface area contributed by atoms with Gasteiger partial charge < -0.3 is 19.9 Å². The van der Waals surface area contributed by atoms with E-state index in [1.807, 2.05) is 11.0 Å². The summed E-state index contributed by atoms with van der Waals surface area (Å²) in [4.78, 5) is 34.8. The lowest BCUT2D eigenvalue weighted by Crippen LogP contribution is -2.47. The van der Waals surface area contributed by atoms with E-state index in [4.69, 9.17) is 17.0 Å². The molecule has 1 unspecified atom stereocenters. The van der Waals surface area contributed by atoms with Crippen molar-refractivity contribution in [1.82, 2.24) is 14.7 Å². The van der Waals surface area contributed by atoms with Crippen LogP contribution in [0.2, 0.25) is 0 Å². The highest BCUT2D eigenvalue weighted by atomic mass is 32.1. The van der Waals surface area contributed by atoms with Gasteiger partial charge in [0.05, 0.1) is 19.2 Å². The first kappa shape index (κ1) is 29.6. The number of halogens is 1. The van der Waals surface area contributed by atoms with Crippen LogP contribution in [0.5, 0.6) is 5.75 Å². The SMILES string of the molecule is COc1ccc(NC(=O)CC2C(=O)N(c3ccc(F)cc3)C(=S)N2CCCN2CCN(Cc3ccccc3)CC2)cc1. The van der Waals surface area contributed by atoms with E-state index in [2.05, 4.69) is 39.4 Å². The molecule has 0 saturated carbocycles. The maximum atomic E-state index is 13.6. The maximum Gasteiger partial charge on any atom is 0.256 e. The van der Waals surface area contributed by atoms with Crippen molar-refractivity contribution >= 4 is 40.5 Å². The van der Waals surface area contributed by atoms with Crippen LogP contribution in [0.1, 0.15) is 18.4 Å². The summed E-state index contributed by atoms with van der Waals surface area (Å²) in [5.41, 5.74) is 2.43. The van der Waals surface area contributed by atoms with Gasteiger partial charge in [-0.05, 0) is 79.3 Å². The lowest BCUT2D eigenvalue weighted by Gasteiger charge is -2.35. The number of nitrogens with zero attached hydrogens (tertiary/aromatic N) is 4. The average molecular weight is 590 g/mol. The number of piperazine rings is 1. The van der Waals surface area contributed by atoms with Crippen LogP contribution >= 0.6 is 12.2 Å². The third-order valence-corrected chi connectivity index (χ3v) is 8.16. The number of nitrogens with one attached hydrogen (secondary N) is 1. The van der Waals surface area contributed by atoms with Gasteiger partial charge >= 0.3 is 0 Å². The quantitative estimate of drug-likeness (QED) is 0.333. The van der Waals surface area contributed by atoms with Gasteiger partial charge in [-0.15, -0.1) is 0 Å². The smallest absolute Gasteiger partial charge is 0.256 e. The molecule has 10 heteroatoms. The highest BCUT2D eigenvalue weighted by Crippen LogP contribution is 2.28. The molecule has 42 heavy (non-hydrogen) atoms. The molecule has 2 amide bonds. The van der Waals surface area contributed by atoms with E-state index in [0.717, 1.165) is 45.7 Å². The van der Waals surface area contributed by atoms with Crippen LogP contribution in [-0.2, 0) is 16.1 Å². The fourth-order valence-corrected chi connectivity index (χ4v) is 5.87. The van der Waals surface area contributed by atoms with Crippen LogP contribution in [0.15, 0.2) is 78.9 Å². The molecule has 3 aromatic rings. The number of hydrogen-bond acceptors (Lipinski definition) is 6. The van der Waals surface area contributed by atoms with Crippen molar-refractivity contribution in [2.45, 2.75) is 25.4 Å². The van der Waals surface area contributed by atoms with Crippen molar-refractivity contribution in [2.75, 3.05) is 56.6 Å². The summed E-state index contributed by atoms with van der Waals surface area (Å²) in [5.74, 6) is -0.289. The first-order valence-corrected chi connectivity index (χ1v) is 14.6. The number of thiocarbonyl (C=S) groups is 1. The van der Waals surface area contributed by atoms with Gasteiger partial charge in [0.25, 0.3) is 5.91 Å². The number of carbonyl (C=O) groups is 2. The molecule has 1 atom stereocenters. The topological polar surface area (TPSA) is 68.4 Å². The van der Waals surface area contributed by atoms with Gasteiger partial charge in [-0.2, -0.15) is 0 Å². The monoisotopic (exact) mass is 589 g/mol. The van der Waals surface area contributed by atoms with Crippen LogP contribution in [-0.4, -0.2) is 84.0 Å². The minimum Gasteiger partial charge on any atom is -0.497 e. The number of anilines is 2. The molecule has 0 radical (unpaired) electrons. The lowest BCUT2D eigenvalue weighted by molar-refractivity contribution is -0.124. The Bertz CT molecular complexity index is 1370. The normalized spacial score (nSPS) is 18.0. The lowest BCUT2D eigenvalue weighted by atomic mass is 10.1. The van der Waals surface area contributed by atoms with E-state index >= 15 is 0 Å². The van der Waals surface area contributed by atoms with E-state index < -0.39 is 11.9 Å². The summed E-state index contributed by atoms with van der Waals surface area (Å²) in [7, 11) is 1.58. The molecule has 2 fully saturated rings. The Morgan fingerprint density at radius 1 is 0.929 bits per heavy atom. The highest BCUT2D eigenvalue weighted by molar-refractivity contribution is 7.80. The Hall–Kier alpha value is -3.86. The van der Waals surface area contributed by atoms with Crippen LogP contribution in [0.3, 0.4) is 0 Å². The van der Waals surface area contributed by atoms with Gasteiger partial charge in [-0.3, -0.25) is 19.4 Å². The minimum absolute atomic E-state index is 0.0547. The molecule has 3 aromatic carbocycles. The van der Waals surface area contributed by atoms with Crippen LogP contribution in [0, 0.1) is 5.82 Å². The number of ether oxygens (including phenoxy) is 1. The van der Waals surface area contributed by atoms with Gasteiger partial charge in [0.2, 0.25) is 5.91 Å². The van der Waals surface area contributed by atoms with Crippen LogP contribution < -0.4 is 15.0 Å². The third kappa shape index (κ3) is 7.31. The van der Waals surface area contributed by atoms with Crippen LogP contribution in [0.25, 0.3) is 0 Å². The Morgan fingerprint density at radius 2 is 1.60 bits per heavy atom. The van der Waals surface area contributed by atoms with Crippen molar-refractivity contribution in [3.8, 4) is 5.75 Å². The summed E-state index contributed by atoms with van der Waals surface area (Å²) in [6, 6.07) is 22.5. The number of hydrogen-bond donors (Lipinski definition) is 1. The predicted octanol–water partition coefficient (Wildman–Crippen LogP) is 4.37. The second kappa shape index (κ2) is 13.9. The zero-order valence-corrected chi connectivity index (χ0v) is 24.6. The molecule has 1 N–H and O–H groups in total. The Morgan fingerprint density at radius 3 is 2.26 bits per heavy atom. The van der Waals surface area contributed by atoms with Crippen molar-refractivity contribution in [3.63, 3.8) is 0 Å². The summed E-state index contributed by atoms with van der Waals surface area (Å²) in [6.45, 7) is 6.32. The molecule has 0 aliphatic carbocycles. The van der Waals surface area contributed by atoms with E-state index in [9.17, 15) is 14.0 Å². The van der Waals surface area contributed by atoms with Gasteiger partial charge in [0.15, 0.2) is 5.11 Å². The summed E-state index contributed by atoms with van der Waals surface area (Å²) in [5, 5.41) is 3.20. The van der Waals surface area contributed by atoms with Crippen LogP contribution in [0.4, 0.5) is 15.8 Å². The number of amides is 2. The molecule has 2 aliphatic heterocycles. The Kier molecular flexibility index (Phi) is 9.78. The highest BCUT2D eigenvalue weighted by Gasteiger charge is 2.44. The zero-order valence-electron chi connectivity index (χ0n) is 23.7. The van der Waals surface area contributed by atoms with E-state index in [1.165, 1.54) is 34.7 Å². The molecule has 2 heterocycles. The summed E-state index contributed by atoms with van der Waals surface area (Å²) >= 11 is 5.76. The van der Waals surface area contributed by atoms with E-state index in [1.54, 1.807) is 31.4 Å². The molecule has 2 aliphatic rings. The Balaban J connectivity index is 1.20. The summed E-state index contributed by atoms with van der Waals surface area (Å²) < 4.78 is 18.8. The first-order chi connectivity index (χ1) is 20.4. The number of carbonyl (C=O) groups excluding carboxylic acids is 2. The van der Waals surface area contributed by atoms with E-state index in [-0.39, 0.29) is 18.2 Å². The van der Waals surface area contributed by atoms with Crippen molar-refractivity contribution in [3.05, 3.63) is 90.2 Å². The fraction of sp³-hybridized carbons (Fsp3) is 0.344. The average Bonchev–Trinajstić information content (AvgIpc) is 3.23. The zero-order chi connectivity index (χ0) is 29.5. The second-order valence-electron chi connectivity index (χ2n) is 10.6. The maximum absolute atomic E-state index is 13.6. The molecule has 2 saturated heterocycles. The molecular formula is C32H36FN5O3S. The standard InChI is InChI=1S/C32H36FN5O3S/c1-41-28-14-10-26(11-15-28)34-30(39)22-29-31(40)38(27-12-8-25(33)9-13-27)32(42)37(29)17-5-16-35-18-20-36(21-19-35)23-24-6-3-2-4-7-24/h2-4,6-15,29H,5,16-23H2,1H3,(H,34,39). The molecule has 0 spiro atoms. The van der Waals surface area contributed by atoms with Gasteiger partial charge in [-0.1, -0.05) is 30.3 Å². The minimum atomic E-state index is -0.747. The summed E-state index contributed by atoms with van der Waals surface area (Å²) in [6.07, 6.45) is 0.737. The molecule has 0 bridgehead atoms. The molecule has 0 aromatic heterocycles. The van der Waals surface area contributed by atoms with Gasteiger partial charge in [0.1, 0.15) is 17.6 Å². The number of methoxy groups -OCH3 is 1. The molecule has 5 rings (SSSR count). The third-order valence-electron chi connectivity index (χ3n) is 7.74. The van der Waals surface area contributed by atoms with Gasteiger partial charge in [-0.25, -0.2) is 4.39 Å². The molecular weight excluding hydrogens is 553 g/mol. The van der Waals surface area contributed by atoms with Crippen molar-refractivity contribution in [1.29, 1.82) is 0 Å². The van der Waals surface area contributed by atoms with Crippen molar-refractivity contribution < 1.29 is 18.7 Å². The number of rotatable bonds is 11. The molecule has 220 valence electrons. The molecule has 8 nitrogen and oxygen atoms in total. The number of benzene rings is 3. The predicted molar refractivity (Wildman–Crippen MR) is 166 cm³/mol. The Labute approximate surface area is 251 Å². The second-order valence-corrected chi connectivity index (χ2v) is 10.9. The van der Waals surface area contributed by atoms with E-state index in [0.29, 0.717) is 28.8 Å².